The highest BCUT2D eigenvalue weighted by molar-refractivity contribution is 6.13. The second-order valence-corrected chi connectivity index (χ2v) is 16.8. The van der Waals surface area contributed by atoms with Gasteiger partial charge in [-0.05, 0) is 110 Å². The van der Waals surface area contributed by atoms with E-state index in [9.17, 15) is 0 Å². The first kappa shape index (κ1) is 33.7. The van der Waals surface area contributed by atoms with Crippen molar-refractivity contribution in [1.29, 1.82) is 0 Å². The molecule has 14 rings (SSSR count). The Kier molecular flexibility index (Phi) is 6.76. The Labute approximate surface area is 358 Å². The van der Waals surface area contributed by atoms with Crippen molar-refractivity contribution in [2.24, 2.45) is 0 Å². The number of hydrogen-bond donors (Lipinski definition) is 0. The van der Waals surface area contributed by atoms with Gasteiger partial charge in [-0.25, -0.2) is 0 Å². The molecule has 0 saturated carbocycles. The van der Waals surface area contributed by atoms with Crippen molar-refractivity contribution in [3.8, 4) is 27.9 Å². The van der Waals surface area contributed by atoms with Gasteiger partial charge in [-0.3, -0.25) is 0 Å². The first-order valence-electron chi connectivity index (χ1n) is 21.4. The van der Waals surface area contributed by atoms with Crippen LogP contribution in [-0.4, -0.2) is 4.57 Å². The Morgan fingerprint density at radius 3 is 1.58 bits per heavy atom. The van der Waals surface area contributed by atoms with Crippen molar-refractivity contribution in [3.05, 3.63) is 241 Å². The van der Waals surface area contributed by atoms with Gasteiger partial charge in [0.2, 0.25) is 0 Å². The van der Waals surface area contributed by atoms with Crippen LogP contribution in [0.1, 0.15) is 22.3 Å². The molecular formula is C59H36N2O. The minimum atomic E-state index is -0.396. The van der Waals surface area contributed by atoms with Crippen LogP contribution in [0.25, 0.3) is 82.5 Å². The summed E-state index contributed by atoms with van der Waals surface area (Å²) in [6, 6.07) is 80.2. The normalized spacial score (nSPS) is 13.3. The van der Waals surface area contributed by atoms with E-state index in [0.29, 0.717) is 0 Å². The molecule has 2 aliphatic carbocycles. The number of rotatable bonds is 4. The topological polar surface area (TPSA) is 21.3 Å². The molecule has 2 aromatic heterocycles. The van der Waals surface area contributed by atoms with Crippen LogP contribution in [0, 0.1) is 0 Å². The van der Waals surface area contributed by atoms with Crippen LogP contribution in [0.15, 0.2) is 223 Å². The van der Waals surface area contributed by atoms with E-state index in [1.165, 1.54) is 66.1 Å². The van der Waals surface area contributed by atoms with Crippen LogP contribution in [0.3, 0.4) is 0 Å². The second kappa shape index (κ2) is 12.4. The largest absolute Gasteiger partial charge is 0.454 e. The Morgan fingerprint density at radius 1 is 0.355 bits per heavy atom. The molecule has 0 amide bonds. The first-order valence-corrected chi connectivity index (χ1v) is 21.4. The standard InChI is InChI=1S/C59H36N2O/c1-2-15-38-34-39(29-28-37(38)14-1)60(40-31-33-53-49(35-40)44-18-5-10-24-52(44)59(53)50-22-8-3-16-42(50)43-17-4-9-23-51(43)59)41-30-32-47-48-21-13-27-56(58(48)62-57(47)36-41)61-54-25-11-6-19-45(54)46-20-7-12-26-55(46)61/h1-36H. The third-order valence-corrected chi connectivity index (χ3v) is 13.8. The number of furan rings is 1. The van der Waals surface area contributed by atoms with Crippen molar-refractivity contribution in [1.82, 2.24) is 4.57 Å². The van der Waals surface area contributed by atoms with E-state index >= 15 is 0 Å². The van der Waals surface area contributed by atoms with Crippen molar-refractivity contribution in [2.75, 3.05) is 4.90 Å². The maximum atomic E-state index is 7.04. The molecule has 0 unspecified atom stereocenters. The van der Waals surface area contributed by atoms with Gasteiger partial charge in [0.05, 0.1) is 22.1 Å². The lowest BCUT2D eigenvalue weighted by Crippen LogP contribution is -2.25. The zero-order valence-electron chi connectivity index (χ0n) is 33.6. The Balaban J connectivity index is 0.990. The molecule has 0 atom stereocenters. The lowest BCUT2D eigenvalue weighted by Gasteiger charge is -2.31. The van der Waals surface area contributed by atoms with Crippen LogP contribution < -0.4 is 4.90 Å². The molecular weight excluding hydrogens is 753 g/mol. The third-order valence-electron chi connectivity index (χ3n) is 13.8. The fourth-order valence-corrected chi connectivity index (χ4v) is 11.3. The molecule has 2 aliphatic rings. The van der Waals surface area contributed by atoms with E-state index in [-0.39, 0.29) is 0 Å². The van der Waals surface area contributed by atoms with E-state index in [4.69, 9.17) is 4.42 Å². The van der Waals surface area contributed by atoms with Gasteiger partial charge in [-0.2, -0.15) is 0 Å². The number of hydrogen-bond acceptors (Lipinski definition) is 2. The summed E-state index contributed by atoms with van der Waals surface area (Å²) in [6.45, 7) is 0. The second-order valence-electron chi connectivity index (χ2n) is 16.8. The maximum absolute atomic E-state index is 7.04. The zero-order valence-corrected chi connectivity index (χ0v) is 33.6. The van der Waals surface area contributed by atoms with Crippen molar-refractivity contribution >= 4 is 71.6 Å². The summed E-state index contributed by atoms with van der Waals surface area (Å²) in [5.41, 5.74) is 18.4. The molecule has 288 valence electrons. The maximum Gasteiger partial charge on any atom is 0.159 e. The highest BCUT2D eigenvalue weighted by Gasteiger charge is 2.51. The Bertz CT molecular complexity index is 3750. The SMILES string of the molecule is c1ccc2c(c1)-c1ccccc1C21c2ccccc2-c2cc(N(c3ccc4ccccc4c3)c3ccc4c(c3)oc3c(-n5c6ccccc6c6ccccc65)cccc34)ccc21. The third kappa shape index (κ3) is 4.39. The lowest BCUT2D eigenvalue weighted by molar-refractivity contribution is 0.666. The first-order chi connectivity index (χ1) is 30.8. The summed E-state index contributed by atoms with van der Waals surface area (Å²) in [6.07, 6.45) is 0. The predicted molar refractivity (Wildman–Crippen MR) is 257 cm³/mol. The van der Waals surface area contributed by atoms with Crippen molar-refractivity contribution in [2.45, 2.75) is 5.41 Å². The highest BCUT2D eigenvalue weighted by Crippen LogP contribution is 2.63. The molecule has 3 nitrogen and oxygen atoms in total. The number of nitrogens with zero attached hydrogens (tertiary/aromatic N) is 2. The highest BCUT2D eigenvalue weighted by atomic mass is 16.3. The average Bonchev–Trinajstić information content (AvgIpc) is 4.05. The molecule has 3 heteroatoms. The molecule has 1 spiro atoms. The van der Waals surface area contributed by atoms with Crippen LogP contribution in [0.2, 0.25) is 0 Å². The van der Waals surface area contributed by atoms with Gasteiger partial charge in [0.25, 0.3) is 0 Å². The summed E-state index contributed by atoms with van der Waals surface area (Å²) in [5.74, 6) is 0. The van der Waals surface area contributed by atoms with Crippen LogP contribution in [-0.2, 0) is 5.41 Å². The molecule has 12 aromatic rings. The fourth-order valence-electron chi connectivity index (χ4n) is 11.3. The molecule has 62 heavy (non-hydrogen) atoms. The van der Waals surface area contributed by atoms with Gasteiger partial charge < -0.3 is 13.9 Å². The van der Waals surface area contributed by atoms with E-state index in [1.54, 1.807) is 0 Å². The monoisotopic (exact) mass is 788 g/mol. The summed E-state index contributed by atoms with van der Waals surface area (Å²) < 4.78 is 9.40. The fraction of sp³-hybridized carbons (Fsp3) is 0.0169. The van der Waals surface area contributed by atoms with Crippen LogP contribution >= 0.6 is 0 Å². The number of fused-ring (bicyclic) bond motifs is 17. The molecule has 0 saturated heterocycles. The molecule has 0 aliphatic heterocycles. The van der Waals surface area contributed by atoms with Gasteiger partial charge in [-0.15, -0.1) is 0 Å². The summed E-state index contributed by atoms with van der Waals surface area (Å²) in [7, 11) is 0. The van der Waals surface area contributed by atoms with Gasteiger partial charge in [0.15, 0.2) is 5.58 Å². The van der Waals surface area contributed by atoms with Gasteiger partial charge in [0.1, 0.15) is 5.58 Å². The Morgan fingerprint density at radius 2 is 0.871 bits per heavy atom. The molecule has 0 N–H and O–H groups in total. The number of aromatic nitrogens is 1. The van der Waals surface area contributed by atoms with Crippen LogP contribution in [0.4, 0.5) is 17.1 Å². The Hall–Kier alpha value is -8.14. The number of para-hydroxylation sites is 3. The number of benzene rings is 10. The van der Waals surface area contributed by atoms with Gasteiger partial charge >= 0.3 is 0 Å². The quantitative estimate of drug-likeness (QED) is 0.177. The molecule has 0 bridgehead atoms. The van der Waals surface area contributed by atoms with Gasteiger partial charge in [-0.1, -0.05) is 158 Å². The van der Waals surface area contributed by atoms with Crippen molar-refractivity contribution < 1.29 is 4.42 Å². The summed E-state index contributed by atoms with van der Waals surface area (Å²) in [4.78, 5) is 2.40. The summed E-state index contributed by atoms with van der Waals surface area (Å²) >= 11 is 0. The van der Waals surface area contributed by atoms with E-state index in [2.05, 4.69) is 228 Å². The smallest absolute Gasteiger partial charge is 0.159 e. The van der Waals surface area contributed by atoms with Crippen LogP contribution in [0.5, 0.6) is 0 Å². The number of anilines is 3. The average molecular weight is 789 g/mol. The zero-order chi connectivity index (χ0) is 40.5. The molecule has 10 aromatic carbocycles. The summed E-state index contributed by atoms with van der Waals surface area (Å²) in [5, 5.41) is 7.06. The molecule has 0 radical (unpaired) electrons. The minimum Gasteiger partial charge on any atom is -0.454 e. The predicted octanol–water partition coefficient (Wildman–Crippen LogP) is 15.6. The van der Waals surface area contributed by atoms with E-state index in [1.807, 2.05) is 0 Å². The lowest BCUT2D eigenvalue weighted by atomic mass is 9.70. The molecule has 2 heterocycles. The van der Waals surface area contributed by atoms with E-state index < -0.39 is 5.41 Å². The minimum absolute atomic E-state index is 0.396. The van der Waals surface area contributed by atoms with Gasteiger partial charge in [0, 0.05) is 44.7 Å². The molecule has 0 fully saturated rings. The van der Waals surface area contributed by atoms with Crippen molar-refractivity contribution in [3.63, 3.8) is 0 Å². The van der Waals surface area contributed by atoms with E-state index in [0.717, 1.165) is 55.7 Å².